The number of fused-ring (bicyclic) bond motifs is 2. The molecule has 2 amide bonds. The van der Waals surface area contributed by atoms with Crippen LogP contribution in [0, 0.1) is 0 Å². The molecule has 1 saturated heterocycles. The summed E-state index contributed by atoms with van der Waals surface area (Å²) in [6.45, 7) is 1.96. The van der Waals surface area contributed by atoms with Gasteiger partial charge in [0.2, 0.25) is 5.91 Å². The molecule has 6 rings (SSSR count). The summed E-state index contributed by atoms with van der Waals surface area (Å²) in [6.07, 6.45) is 3.81. The molecule has 2 N–H and O–H groups in total. The van der Waals surface area contributed by atoms with E-state index in [0.29, 0.717) is 39.0 Å². The van der Waals surface area contributed by atoms with Crippen molar-refractivity contribution in [3.63, 3.8) is 0 Å². The van der Waals surface area contributed by atoms with Crippen LogP contribution in [0.3, 0.4) is 0 Å². The van der Waals surface area contributed by atoms with Crippen molar-refractivity contribution in [3.05, 3.63) is 77.7 Å². The van der Waals surface area contributed by atoms with Crippen LogP contribution in [-0.4, -0.2) is 62.6 Å². The number of hydrogen-bond acceptors (Lipinski definition) is 5. The van der Waals surface area contributed by atoms with Crippen LogP contribution in [0.1, 0.15) is 16.8 Å². The van der Waals surface area contributed by atoms with E-state index in [1.165, 1.54) is 4.90 Å². The van der Waals surface area contributed by atoms with Crippen LogP contribution in [0.2, 0.25) is 0 Å². The number of amides is 2. The number of piperazine rings is 1. The van der Waals surface area contributed by atoms with Gasteiger partial charge in [-0.05, 0) is 23.3 Å². The second-order valence-corrected chi connectivity index (χ2v) is 8.87. The Kier molecular flexibility index (Phi) is 5.09. The van der Waals surface area contributed by atoms with Crippen molar-refractivity contribution in [3.8, 4) is 11.3 Å². The van der Waals surface area contributed by atoms with Gasteiger partial charge in [0, 0.05) is 56.2 Å². The summed E-state index contributed by atoms with van der Waals surface area (Å²) in [4.78, 5) is 36.5. The van der Waals surface area contributed by atoms with E-state index in [0.717, 1.165) is 45.2 Å². The summed E-state index contributed by atoms with van der Waals surface area (Å²) in [6, 6.07) is 16.3. The monoisotopic (exact) mass is 468 g/mol. The van der Waals surface area contributed by atoms with Crippen LogP contribution < -0.4 is 10.2 Å². The van der Waals surface area contributed by atoms with Crippen molar-refractivity contribution in [1.82, 2.24) is 19.3 Å². The number of aromatic nitrogens is 3. The van der Waals surface area contributed by atoms with Gasteiger partial charge in [-0.15, -0.1) is 0 Å². The first-order valence-electron chi connectivity index (χ1n) is 11.6. The molecule has 9 nitrogen and oxygen atoms in total. The molecule has 0 saturated carbocycles. The largest absolute Gasteiger partial charge is 0.465 e. The predicted molar refractivity (Wildman–Crippen MR) is 132 cm³/mol. The fourth-order valence-corrected chi connectivity index (χ4v) is 4.94. The van der Waals surface area contributed by atoms with E-state index < -0.39 is 6.09 Å². The molecule has 2 aromatic heterocycles. The topological polar surface area (TPSA) is 103 Å². The minimum atomic E-state index is -0.895. The number of nitrogens with zero attached hydrogens (tertiary/aromatic N) is 5. The maximum atomic E-state index is 11.9. The first kappa shape index (κ1) is 21.2. The van der Waals surface area contributed by atoms with E-state index in [1.807, 2.05) is 36.5 Å². The van der Waals surface area contributed by atoms with Crippen LogP contribution in [0.15, 0.2) is 60.9 Å². The number of benzene rings is 2. The molecule has 0 unspecified atom stereocenters. The molecule has 2 aliphatic rings. The molecule has 176 valence electrons. The fourth-order valence-electron chi connectivity index (χ4n) is 4.94. The van der Waals surface area contributed by atoms with Crippen LogP contribution in [0.5, 0.6) is 0 Å². The third-order valence-corrected chi connectivity index (χ3v) is 6.66. The summed E-state index contributed by atoms with van der Waals surface area (Å²) in [7, 11) is 0. The molecular weight excluding hydrogens is 444 g/mol. The molecule has 9 heteroatoms. The van der Waals surface area contributed by atoms with Gasteiger partial charge in [0.15, 0.2) is 11.5 Å². The van der Waals surface area contributed by atoms with Gasteiger partial charge in [0.25, 0.3) is 0 Å². The zero-order valence-electron chi connectivity index (χ0n) is 19.0. The SMILES string of the molecule is O=C1Cc2cc(-c3c(Cc4ccccc4)nc4c(N5CCN(C(=O)O)CC5)nccn34)ccc2N1. The number of hydrogen-bond donors (Lipinski definition) is 2. The zero-order valence-corrected chi connectivity index (χ0v) is 19.0. The lowest BCUT2D eigenvalue weighted by Gasteiger charge is -2.33. The quantitative estimate of drug-likeness (QED) is 0.477. The number of carboxylic acid groups (broad SMARTS) is 1. The smallest absolute Gasteiger partial charge is 0.407 e. The number of carbonyl (C=O) groups is 2. The Bertz CT molecular complexity index is 1440. The summed E-state index contributed by atoms with van der Waals surface area (Å²) in [5.74, 6) is 0.753. The first-order valence-corrected chi connectivity index (χ1v) is 11.6. The van der Waals surface area contributed by atoms with Gasteiger partial charge >= 0.3 is 6.09 Å². The summed E-state index contributed by atoms with van der Waals surface area (Å²) >= 11 is 0. The second-order valence-electron chi connectivity index (χ2n) is 8.87. The van der Waals surface area contributed by atoms with Crippen LogP contribution in [-0.2, 0) is 17.6 Å². The first-order chi connectivity index (χ1) is 17.1. The Morgan fingerprint density at radius 2 is 1.86 bits per heavy atom. The number of anilines is 2. The molecule has 1 fully saturated rings. The zero-order chi connectivity index (χ0) is 23.9. The van der Waals surface area contributed by atoms with Gasteiger partial charge in [-0.1, -0.05) is 36.4 Å². The summed E-state index contributed by atoms with van der Waals surface area (Å²) < 4.78 is 2.07. The lowest BCUT2D eigenvalue weighted by molar-refractivity contribution is -0.115. The molecule has 35 heavy (non-hydrogen) atoms. The minimum absolute atomic E-state index is 0.00629. The maximum Gasteiger partial charge on any atom is 0.407 e. The van der Waals surface area contributed by atoms with Gasteiger partial charge < -0.3 is 20.2 Å². The fraction of sp³-hybridized carbons (Fsp3) is 0.231. The molecule has 0 atom stereocenters. The van der Waals surface area contributed by atoms with E-state index in [4.69, 9.17) is 4.98 Å². The Hall–Kier alpha value is -4.40. The summed E-state index contributed by atoms with van der Waals surface area (Å²) in [5, 5.41) is 12.2. The Labute approximate surface area is 201 Å². The number of rotatable bonds is 4. The van der Waals surface area contributed by atoms with Crippen molar-refractivity contribution < 1.29 is 14.7 Å². The molecule has 0 spiro atoms. The van der Waals surface area contributed by atoms with E-state index in [2.05, 4.69) is 37.8 Å². The van der Waals surface area contributed by atoms with Gasteiger partial charge in [-0.3, -0.25) is 9.20 Å². The molecular formula is C26H24N6O3. The molecule has 0 aliphatic carbocycles. The molecule has 0 bridgehead atoms. The molecule has 2 aromatic carbocycles. The molecule has 4 aromatic rings. The lowest BCUT2D eigenvalue weighted by atomic mass is 10.0. The lowest BCUT2D eigenvalue weighted by Crippen LogP contribution is -2.48. The van der Waals surface area contributed by atoms with Crippen molar-refractivity contribution in [2.45, 2.75) is 12.8 Å². The molecule has 4 heterocycles. The Balaban J connectivity index is 1.46. The third kappa shape index (κ3) is 3.84. The van der Waals surface area contributed by atoms with Crippen molar-refractivity contribution >= 4 is 29.2 Å². The van der Waals surface area contributed by atoms with E-state index in [-0.39, 0.29) is 5.91 Å². The highest BCUT2D eigenvalue weighted by Gasteiger charge is 2.26. The van der Waals surface area contributed by atoms with Crippen molar-refractivity contribution in [2.24, 2.45) is 0 Å². The second kappa shape index (κ2) is 8.43. The highest BCUT2D eigenvalue weighted by molar-refractivity contribution is 5.99. The van der Waals surface area contributed by atoms with E-state index >= 15 is 0 Å². The van der Waals surface area contributed by atoms with Gasteiger partial charge in [0.05, 0.1) is 17.8 Å². The average molecular weight is 469 g/mol. The highest BCUT2D eigenvalue weighted by atomic mass is 16.4. The maximum absolute atomic E-state index is 11.9. The summed E-state index contributed by atoms with van der Waals surface area (Å²) in [5.41, 5.74) is 6.62. The van der Waals surface area contributed by atoms with Gasteiger partial charge in [0.1, 0.15) is 0 Å². The number of carbonyl (C=O) groups excluding carboxylic acids is 1. The number of imidazole rings is 1. The third-order valence-electron chi connectivity index (χ3n) is 6.66. The van der Waals surface area contributed by atoms with Crippen molar-refractivity contribution in [2.75, 3.05) is 36.4 Å². The standard InChI is InChI=1S/C26H24N6O3/c33-22-16-19-15-18(6-7-20(19)28-22)23-21(14-17-4-2-1-3-5-17)29-25-24(27-8-9-32(23)25)30-10-12-31(13-11-30)26(34)35/h1-9,15H,10-14,16H2,(H,28,33)(H,34,35). The van der Waals surface area contributed by atoms with E-state index in [1.54, 1.807) is 6.20 Å². The van der Waals surface area contributed by atoms with Crippen molar-refractivity contribution in [1.29, 1.82) is 0 Å². The Morgan fingerprint density at radius 1 is 1.06 bits per heavy atom. The van der Waals surface area contributed by atoms with E-state index in [9.17, 15) is 14.7 Å². The minimum Gasteiger partial charge on any atom is -0.465 e. The number of nitrogens with one attached hydrogen (secondary N) is 1. The highest BCUT2D eigenvalue weighted by Crippen LogP contribution is 2.34. The normalized spacial score (nSPS) is 15.4. The van der Waals surface area contributed by atoms with Crippen LogP contribution in [0.4, 0.5) is 16.3 Å². The Morgan fingerprint density at radius 3 is 2.63 bits per heavy atom. The van der Waals surface area contributed by atoms with Gasteiger partial charge in [-0.2, -0.15) is 0 Å². The van der Waals surface area contributed by atoms with Gasteiger partial charge in [-0.25, -0.2) is 14.8 Å². The van der Waals surface area contributed by atoms with Crippen LogP contribution in [0.25, 0.3) is 16.9 Å². The predicted octanol–water partition coefficient (Wildman–Crippen LogP) is 3.28. The van der Waals surface area contributed by atoms with Crippen LogP contribution >= 0.6 is 0 Å². The molecule has 0 radical (unpaired) electrons. The molecule has 2 aliphatic heterocycles. The average Bonchev–Trinajstić information content (AvgIpc) is 3.43.